The van der Waals surface area contributed by atoms with Crippen LogP contribution in [0.25, 0.3) is 0 Å². The summed E-state index contributed by atoms with van der Waals surface area (Å²) in [5.41, 5.74) is 0.983. The molecule has 0 radical (unpaired) electrons. The van der Waals surface area contributed by atoms with Crippen LogP contribution in [-0.4, -0.2) is 30.8 Å². The average Bonchev–Trinajstić information content (AvgIpc) is 2.78. The first-order valence-corrected chi connectivity index (χ1v) is 6.74. The van der Waals surface area contributed by atoms with E-state index in [2.05, 4.69) is 9.47 Å². The van der Waals surface area contributed by atoms with E-state index >= 15 is 0 Å². The van der Waals surface area contributed by atoms with Crippen molar-refractivity contribution in [3.05, 3.63) is 46.5 Å². The van der Waals surface area contributed by atoms with Crippen molar-refractivity contribution in [3.63, 3.8) is 0 Å². The zero-order valence-electron chi connectivity index (χ0n) is 11.8. The largest absolute Gasteiger partial charge is 0.468 e. The first kappa shape index (κ1) is 14.2. The summed E-state index contributed by atoms with van der Waals surface area (Å²) in [6.45, 7) is 0. The molecule has 1 aliphatic carbocycles. The maximum absolute atomic E-state index is 12.7. The number of rotatable bonds is 1. The van der Waals surface area contributed by atoms with Crippen molar-refractivity contribution in [1.82, 2.24) is 0 Å². The Labute approximate surface area is 125 Å². The lowest BCUT2D eigenvalue weighted by Gasteiger charge is -2.18. The number of ketones is 1. The van der Waals surface area contributed by atoms with Gasteiger partial charge in [0, 0.05) is 11.1 Å². The summed E-state index contributed by atoms with van der Waals surface area (Å²) in [6.07, 6.45) is 0.648. The third-order valence-corrected chi connectivity index (χ3v) is 3.89. The van der Waals surface area contributed by atoms with Crippen molar-refractivity contribution in [2.45, 2.75) is 12.8 Å². The van der Waals surface area contributed by atoms with Gasteiger partial charge in [0.05, 0.1) is 12.7 Å². The van der Waals surface area contributed by atoms with E-state index in [1.807, 2.05) is 0 Å². The number of ether oxygens (including phenoxy) is 2. The molecule has 0 saturated heterocycles. The first-order valence-electron chi connectivity index (χ1n) is 6.74. The Morgan fingerprint density at radius 2 is 1.86 bits per heavy atom. The molecule has 2 aliphatic rings. The summed E-state index contributed by atoms with van der Waals surface area (Å²) in [4.78, 5) is 48.5. The standard InChI is InChI=1S/C16H12O6/c1-21-15(19)12-11-10(14(18)22-16(11)20)7-6-8-4-2-3-5-9(8)13(12)17/h2-5,12H,6-7H2,1H3. The number of Topliss-reactive ketones (excluding diaryl/α,β-unsaturated/α-hetero) is 1. The Bertz CT molecular complexity index is 743. The monoisotopic (exact) mass is 300 g/mol. The summed E-state index contributed by atoms with van der Waals surface area (Å²) in [5.74, 6) is -4.62. The van der Waals surface area contributed by atoms with Gasteiger partial charge in [-0.2, -0.15) is 0 Å². The van der Waals surface area contributed by atoms with Gasteiger partial charge >= 0.3 is 17.9 Å². The van der Waals surface area contributed by atoms with E-state index in [0.717, 1.165) is 12.7 Å². The molecule has 6 nitrogen and oxygen atoms in total. The van der Waals surface area contributed by atoms with Gasteiger partial charge in [0.15, 0.2) is 11.7 Å². The molecule has 112 valence electrons. The Morgan fingerprint density at radius 1 is 1.14 bits per heavy atom. The van der Waals surface area contributed by atoms with Crippen LogP contribution in [0.2, 0.25) is 0 Å². The number of carbonyl (C=O) groups is 4. The molecule has 1 heterocycles. The van der Waals surface area contributed by atoms with Crippen LogP contribution in [0.1, 0.15) is 22.3 Å². The van der Waals surface area contributed by atoms with Crippen molar-refractivity contribution in [2.24, 2.45) is 5.92 Å². The van der Waals surface area contributed by atoms with Gasteiger partial charge in [0.2, 0.25) is 0 Å². The fourth-order valence-electron chi connectivity index (χ4n) is 2.83. The van der Waals surface area contributed by atoms with Crippen molar-refractivity contribution in [3.8, 4) is 0 Å². The number of hydrogen-bond donors (Lipinski definition) is 0. The summed E-state index contributed by atoms with van der Waals surface area (Å²) in [7, 11) is 1.13. The molecule has 1 unspecified atom stereocenters. The van der Waals surface area contributed by atoms with Crippen molar-refractivity contribution in [2.75, 3.05) is 7.11 Å². The molecular weight excluding hydrogens is 288 g/mol. The number of aryl methyl sites for hydroxylation is 1. The first-order chi connectivity index (χ1) is 10.5. The van der Waals surface area contributed by atoms with Crippen molar-refractivity contribution < 1.29 is 28.7 Å². The number of benzene rings is 1. The molecule has 1 atom stereocenters. The topological polar surface area (TPSA) is 86.7 Å². The number of methoxy groups -OCH3 is 1. The Morgan fingerprint density at radius 3 is 2.59 bits per heavy atom. The quantitative estimate of drug-likeness (QED) is 0.567. The Kier molecular flexibility index (Phi) is 3.36. The predicted molar refractivity (Wildman–Crippen MR) is 72.7 cm³/mol. The normalized spacial score (nSPS) is 20.8. The van der Waals surface area contributed by atoms with Crippen LogP contribution in [0.3, 0.4) is 0 Å². The number of cyclic esters (lactones) is 2. The number of esters is 3. The van der Waals surface area contributed by atoms with Gasteiger partial charge in [-0.1, -0.05) is 24.3 Å². The minimum atomic E-state index is -1.46. The Balaban J connectivity index is 2.21. The van der Waals surface area contributed by atoms with Crippen LogP contribution < -0.4 is 0 Å². The second kappa shape index (κ2) is 5.22. The van der Waals surface area contributed by atoms with E-state index < -0.39 is 29.6 Å². The number of fused-ring (bicyclic) bond motifs is 1. The molecule has 22 heavy (non-hydrogen) atoms. The number of hydrogen-bond acceptors (Lipinski definition) is 6. The van der Waals surface area contributed by atoms with Crippen LogP contribution >= 0.6 is 0 Å². The van der Waals surface area contributed by atoms with E-state index in [0.29, 0.717) is 12.0 Å². The molecule has 1 aliphatic heterocycles. The minimum Gasteiger partial charge on any atom is -0.468 e. The molecule has 0 aromatic heterocycles. The highest BCUT2D eigenvalue weighted by molar-refractivity contribution is 6.22. The Hall–Kier alpha value is -2.76. The molecule has 0 N–H and O–H groups in total. The molecule has 6 heteroatoms. The lowest BCUT2D eigenvalue weighted by atomic mass is 9.82. The van der Waals surface area contributed by atoms with Crippen molar-refractivity contribution in [1.29, 1.82) is 0 Å². The molecule has 0 fully saturated rings. The van der Waals surface area contributed by atoms with E-state index in [1.165, 1.54) is 0 Å². The van der Waals surface area contributed by atoms with Crippen LogP contribution in [-0.2, 0) is 30.3 Å². The summed E-state index contributed by atoms with van der Waals surface area (Å²) < 4.78 is 9.23. The van der Waals surface area contributed by atoms with Gasteiger partial charge in [-0.05, 0) is 18.4 Å². The second-order valence-electron chi connectivity index (χ2n) is 5.05. The van der Waals surface area contributed by atoms with E-state index in [-0.39, 0.29) is 17.6 Å². The smallest absolute Gasteiger partial charge is 0.343 e. The molecule has 1 aromatic carbocycles. The molecular formula is C16H12O6. The van der Waals surface area contributed by atoms with Gasteiger partial charge in [0.1, 0.15) is 0 Å². The lowest BCUT2D eigenvalue weighted by Crippen LogP contribution is -2.31. The van der Waals surface area contributed by atoms with Crippen LogP contribution in [0.4, 0.5) is 0 Å². The van der Waals surface area contributed by atoms with E-state index in [1.54, 1.807) is 24.3 Å². The average molecular weight is 300 g/mol. The van der Waals surface area contributed by atoms with E-state index in [9.17, 15) is 19.2 Å². The maximum Gasteiger partial charge on any atom is 0.343 e. The molecule has 3 rings (SSSR count). The molecule has 0 bridgehead atoms. The highest BCUT2D eigenvalue weighted by atomic mass is 16.6. The summed E-state index contributed by atoms with van der Waals surface area (Å²) >= 11 is 0. The van der Waals surface area contributed by atoms with Gasteiger partial charge in [0.25, 0.3) is 0 Å². The zero-order chi connectivity index (χ0) is 15.9. The maximum atomic E-state index is 12.7. The molecule has 0 amide bonds. The van der Waals surface area contributed by atoms with Crippen LogP contribution in [0.5, 0.6) is 0 Å². The molecule has 0 saturated carbocycles. The summed E-state index contributed by atoms with van der Waals surface area (Å²) in [5, 5.41) is 0. The summed E-state index contributed by atoms with van der Waals surface area (Å²) in [6, 6.07) is 6.81. The van der Waals surface area contributed by atoms with Gasteiger partial charge in [-0.25, -0.2) is 9.59 Å². The third kappa shape index (κ3) is 2.04. The predicted octanol–water partition coefficient (Wildman–Crippen LogP) is 0.985. The molecule has 1 aromatic rings. The highest BCUT2D eigenvalue weighted by Gasteiger charge is 2.46. The third-order valence-electron chi connectivity index (χ3n) is 3.89. The van der Waals surface area contributed by atoms with Crippen molar-refractivity contribution >= 4 is 23.7 Å². The lowest BCUT2D eigenvalue weighted by molar-refractivity contribution is -0.153. The van der Waals surface area contributed by atoms with Gasteiger partial charge in [-0.3, -0.25) is 9.59 Å². The fraction of sp³-hybridized carbons (Fsp3) is 0.250. The number of carbonyl (C=O) groups excluding carboxylic acids is 4. The second-order valence-corrected chi connectivity index (χ2v) is 5.05. The molecule has 0 spiro atoms. The highest BCUT2D eigenvalue weighted by Crippen LogP contribution is 2.34. The van der Waals surface area contributed by atoms with Crippen LogP contribution in [0.15, 0.2) is 35.4 Å². The van der Waals surface area contributed by atoms with Gasteiger partial charge < -0.3 is 9.47 Å². The fourth-order valence-corrected chi connectivity index (χ4v) is 2.83. The van der Waals surface area contributed by atoms with E-state index in [4.69, 9.17) is 0 Å². The minimum absolute atomic E-state index is 0.0863. The zero-order valence-corrected chi connectivity index (χ0v) is 11.8. The van der Waals surface area contributed by atoms with Gasteiger partial charge in [-0.15, -0.1) is 0 Å². The SMILES string of the molecule is COC(=O)C1C(=O)c2ccccc2CCC2=C1C(=O)OC2=O. The van der Waals surface area contributed by atoms with Crippen LogP contribution in [0, 0.1) is 5.92 Å².